The van der Waals surface area contributed by atoms with E-state index in [9.17, 15) is 4.79 Å². The molecule has 15 heavy (non-hydrogen) atoms. The molecule has 3 nitrogen and oxygen atoms in total. The van der Waals surface area contributed by atoms with Crippen LogP contribution in [0, 0.1) is 0 Å². The van der Waals surface area contributed by atoms with Crippen LogP contribution < -0.4 is 4.74 Å². The molecule has 0 aliphatic carbocycles. The summed E-state index contributed by atoms with van der Waals surface area (Å²) in [7, 11) is 0. The monoisotopic (exact) mass is 205 g/mol. The summed E-state index contributed by atoms with van der Waals surface area (Å²) in [6, 6.07) is 3.33. The van der Waals surface area contributed by atoms with Crippen molar-refractivity contribution in [2.45, 2.75) is 20.3 Å². The molecule has 0 saturated heterocycles. The molecule has 1 aromatic heterocycles. The van der Waals surface area contributed by atoms with Crippen molar-refractivity contribution in [3.63, 3.8) is 0 Å². The molecule has 1 aromatic rings. The minimum atomic E-state index is 0.0159. The SMILES string of the molecule is C=C(C)CCOc1cc(C(C)=O)ccn1. The maximum absolute atomic E-state index is 11.1. The second-order valence-electron chi connectivity index (χ2n) is 3.49. The number of Topliss-reactive ketones (excluding diaryl/α,β-unsaturated/α-hetero) is 1. The summed E-state index contributed by atoms with van der Waals surface area (Å²) in [6.45, 7) is 7.79. The molecular formula is C12H15NO2. The predicted octanol–water partition coefficient (Wildman–Crippen LogP) is 2.63. The maximum atomic E-state index is 11.1. The van der Waals surface area contributed by atoms with E-state index < -0.39 is 0 Å². The van der Waals surface area contributed by atoms with Gasteiger partial charge in [-0.25, -0.2) is 4.98 Å². The van der Waals surface area contributed by atoms with Crippen LogP contribution in [0.1, 0.15) is 30.6 Å². The second kappa shape index (κ2) is 5.29. The number of nitrogens with zero attached hydrogens (tertiary/aromatic N) is 1. The summed E-state index contributed by atoms with van der Waals surface area (Å²) >= 11 is 0. The minimum absolute atomic E-state index is 0.0159. The third-order valence-electron chi connectivity index (χ3n) is 1.92. The highest BCUT2D eigenvalue weighted by Gasteiger charge is 2.01. The van der Waals surface area contributed by atoms with E-state index in [0.717, 1.165) is 12.0 Å². The molecule has 0 atom stereocenters. The lowest BCUT2D eigenvalue weighted by Crippen LogP contribution is -2.01. The molecule has 0 fully saturated rings. The van der Waals surface area contributed by atoms with Crippen LogP contribution in [0.5, 0.6) is 5.88 Å². The van der Waals surface area contributed by atoms with Gasteiger partial charge in [-0.05, 0) is 19.9 Å². The van der Waals surface area contributed by atoms with Gasteiger partial charge in [-0.1, -0.05) is 5.57 Å². The highest BCUT2D eigenvalue weighted by atomic mass is 16.5. The van der Waals surface area contributed by atoms with Crippen LogP contribution in [-0.2, 0) is 0 Å². The Morgan fingerprint density at radius 3 is 2.87 bits per heavy atom. The Bertz CT molecular complexity index is 372. The summed E-state index contributed by atoms with van der Waals surface area (Å²) in [5.41, 5.74) is 1.69. The smallest absolute Gasteiger partial charge is 0.213 e. The number of hydrogen-bond donors (Lipinski definition) is 0. The molecule has 1 rings (SSSR count). The van der Waals surface area contributed by atoms with E-state index in [0.29, 0.717) is 18.1 Å². The van der Waals surface area contributed by atoms with Crippen molar-refractivity contribution in [2.24, 2.45) is 0 Å². The van der Waals surface area contributed by atoms with E-state index in [2.05, 4.69) is 11.6 Å². The molecule has 0 radical (unpaired) electrons. The zero-order chi connectivity index (χ0) is 11.3. The topological polar surface area (TPSA) is 39.2 Å². The fourth-order valence-electron chi connectivity index (χ4n) is 1.04. The van der Waals surface area contributed by atoms with E-state index in [1.807, 2.05) is 6.92 Å². The molecule has 1 heterocycles. The number of rotatable bonds is 5. The lowest BCUT2D eigenvalue weighted by Gasteiger charge is -2.05. The molecule has 0 aliphatic heterocycles. The number of ketones is 1. The van der Waals surface area contributed by atoms with E-state index in [4.69, 9.17) is 4.74 Å². The Labute approximate surface area is 89.8 Å². The molecule has 0 amide bonds. The van der Waals surface area contributed by atoms with Crippen LogP contribution >= 0.6 is 0 Å². The third kappa shape index (κ3) is 3.94. The Kier molecular flexibility index (Phi) is 4.03. The van der Waals surface area contributed by atoms with Crippen LogP contribution in [0.2, 0.25) is 0 Å². The lowest BCUT2D eigenvalue weighted by molar-refractivity contribution is 0.101. The molecule has 0 spiro atoms. The van der Waals surface area contributed by atoms with Gasteiger partial charge in [0, 0.05) is 24.2 Å². The number of pyridine rings is 1. The summed E-state index contributed by atoms with van der Waals surface area (Å²) in [5.74, 6) is 0.506. The first kappa shape index (κ1) is 11.4. The van der Waals surface area contributed by atoms with Crippen LogP contribution in [0.4, 0.5) is 0 Å². The van der Waals surface area contributed by atoms with E-state index in [1.54, 1.807) is 18.3 Å². The maximum Gasteiger partial charge on any atom is 0.213 e. The van der Waals surface area contributed by atoms with Crippen molar-refractivity contribution < 1.29 is 9.53 Å². The lowest BCUT2D eigenvalue weighted by atomic mass is 10.2. The summed E-state index contributed by atoms with van der Waals surface area (Å²) < 4.78 is 5.38. The molecule has 0 aliphatic rings. The van der Waals surface area contributed by atoms with Gasteiger partial charge in [0.2, 0.25) is 5.88 Å². The van der Waals surface area contributed by atoms with Crippen molar-refractivity contribution in [1.82, 2.24) is 4.98 Å². The number of aromatic nitrogens is 1. The molecule has 0 saturated carbocycles. The third-order valence-corrected chi connectivity index (χ3v) is 1.92. The summed E-state index contributed by atoms with van der Waals surface area (Å²) in [5, 5.41) is 0. The molecule has 0 unspecified atom stereocenters. The first-order valence-corrected chi connectivity index (χ1v) is 4.84. The van der Waals surface area contributed by atoms with Gasteiger partial charge in [-0.3, -0.25) is 4.79 Å². The average Bonchev–Trinajstić information content (AvgIpc) is 2.17. The van der Waals surface area contributed by atoms with E-state index in [1.165, 1.54) is 6.92 Å². The van der Waals surface area contributed by atoms with Crippen molar-refractivity contribution in [3.05, 3.63) is 36.0 Å². The van der Waals surface area contributed by atoms with Gasteiger partial charge in [0.05, 0.1) is 6.61 Å². The van der Waals surface area contributed by atoms with Crippen molar-refractivity contribution in [1.29, 1.82) is 0 Å². The van der Waals surface area contributed by atoms with Gasteiger partial charge in [-0.15, -0.1) is 6.58 Å². The second-order valence-corrected chi connectivity index (χ2v) is 3.49. The van der Waals surface area contributed by atoms with E-state index in [-0.39, 0.29) is 5.78 Å². The van der Waals surface area contributed by atoms with Crippen LogP contribution in [0.3, 0.4) is 0 Å². The van der Waals surface area contributed by atoms with Gasteiger partial charge in [0.15, 0.2) is 5.78 Å². The quantitative estimate of drug-likeness (QED) is 0.548. The zero-order valence-electron chi connectivity index (χ0n) is 9.12. The molecule has 3 heteroatoms. The van der Waals surface area contributed by atoms with Gasteiger partial charge < -0.3 is 4.74 Å². The van der Waals surface area contributed by atoms with Crippen molar-refractivity contribution >= 4 is 5.78 Å². The Hall–Kier alpha value is -1.64. The first-order chi connectivity index (χ1) is 7.09. The normalized spacial score (nSPS) is 9.73. The standard InChI is InChI=1S/C12H15NO2/c1-9(2)5-7-15-12-8-11(10(3)14)4-6-13-12/h4,6,8H,1,5,7H2,2-3H3. The van der Waals surface area contributed by atoms with Gasteiger partial charge in [0.1, 0.15) is 0 Å². The first-order valence-electron chi connectivity index (χ1n) is 4.84. The van der Waals surface area contributed by atoms with Crippen molar-refractivity contribution in [2.75, 3.05) is 6.61 Å². The summed E-state index contributed by atoms with van der Waals surface area (Å²) in [4.78, 5) is 15.1. The predicted molar refractivity (Wildman–Crippen MR) is 59.2 cm³/mol. The fourth-order valence-corrected chi connectivity index (χ4v) is 1.04. The van der Waals surface area contributed by atoms with E-state index >= 15 is 0 Å². The molecular weight excluding hydrogens is 190 g/mol. The van der Waals surface area contributed by atoms with Crippen LogP contribution in [-0.4, -0.2) is 17.4 Å². The zero-order valence-corrected chi connectivity index (χ0v) is 9.12. The number of carbonyl (C=O) groups excluding carboxylic acids is 1. The number of carbonyl (C=O) groups is 1. The Morgan fingerprint density at radius 1 is 1.53 bits per heavy atom. The van der Waals surface area contributed by atoms with Crippen LogP contribution in [0.25, 0.3) is 0 Å². The summed E-state index contributed by atoms with van der Waals surface area (Å²) in [6.07, 6.45) is 2.37. The minimum Gasteiger partial charge on any atom is -0.477 e. The average molecular weight is 205 g/mol. The van der Waals surface area contributed by atoms with Crippen LogP contribution in [0.15, 0.2) is 30.5 Å². The highest BCUT2D eigenvalue weighted by molar-refractivity contribution is 5.94. The Morgan fingerprint density at radius 2 is 2.27 bits per heavy atom. The molecule has 0 N–H and O–H groups in total. The number of ether oxygens (including phenoxy) is 1. The molecule has 80 valence electrons. The Balaban J connectivity index is 2.58. The van der Waals surface area contributed by atoms with Gasteiger partial charge in [-0.2, -0.15) is 0 Å². The molecule has 0 bridgehead atoms. The van der Waals surface area contributed by atoms with Gasteiger partial charge >= 0.3 is 0 Å². The fraction of sp³-hybridized carbons (Fsp3) is 0.333. The molecule has 0 aromatic carbocycles. The van der Waals surface area contributed by atoms with Gasteiger partial charge in [0.25, 0.3) is 0 Å². The highest BCUT2D eigenvalue weighted by Crippen LogP contribution is 2.10. The largest absolute Gasteiger partial charge is 0.477 e. The van der Waals surface area contributed by atoms with Crippen molar-refractivity contribution in [3.8, 4) is 5.88 Å². The number of hydrogen-bond acceptors (Lipinski definition) is 3.